The van der Waals surface area contributed by atoms with Crippen LogP contribution in [0.5, 0.6) is 11.5 Å². The summed E-state index contributed by atoms with van der Waals surface area (Å²) in [4.78, 5) is 31.6. The standard InChI is InChI=1S/C29H24BrN3O5S/c1-4-33-27(34)26(39-29(33)32-22-11-9-18(10-12-22)28(35)37-3)14-21-13-24(36-2)25(15-23(21)30)38-17-20-8-6-5-7-19(20)16-31/h5-15H,4,17H2,1-3H3. The molecule has 1 aliphatic rings. The van der Waals surface area contributed by atoms with Crippen molar-refractivity contribution < 1.29 is 23.8 Å². The van der Waals surface area contributed by atoms with E-state index in [2.05, 4.69) is 27.0 Å². The summed E-state index contributed by atoms with van der Waals surface area (Å²) in [5.41, 5.74) is 3.08. The van der Waals surface area contributed by atoms with Crippen LogP contribution in [0.4, 0.5) is 5.69 Å². The van der Waals surface area contributed by atoms with Crippen LogP contribution in [0.15, 0.2) is 75.0 Å². The van der Waals surface area contributed by atoms with Gasteiger partial charge in [-0.2, -0.15) is 5.26 Å². The lowest BCUT2D eigenvalue weighted by Crippen LogP contribution is -2.28. The molecule has 0 unspecified atom stereocenters. The van der Waals surface area contributed by atoms with Gasteiger partial charge >= 0.3 is 5.97 Å². The highest BCUT2D eigenvalue weighted by Gasteiger charge is 2.32. The molecular weight excluding hydrogens is 582 g/mol. The smallest absolute Gasteiger partial charge is 0.337 e. The number of carbonyl (C=O) groups excluding carboxylic acids is 2. The van der Waals surface area contributed by atoms with Crippen molar-refractivity contribution >= 4 is 56.5 Å². The van der Waals surface area contributed by atoms with E-state index >= 15 is 0 Å². The Morgan fingerprint density at radius 3 is 2.54 bits per heavy atom. The van der Waals surface area contributed by atoms with Gasteiger partial charge in [-0.1, -0.05) is 34.1 Å². The lowest BCUT2D eigenvalue weighted by atomic mass is 10.1. The van der Waals surface area contributed by atoms with Gasteiger partial charge < -0.3 is 14.2 Å². The van der Waals surface area contributed by atoms with E-state index in [1.165, 1.54) is 18.9 Å². The zero-order chi connectivity index (χ0) is 27.9. The first-order valence-corrected chi connectivity index (χ1v) is 13.5. The minimum absolute atomic E-state index is 0.160. The molecule has 4 rings (SSSR count). The van der Waals surface area contributed by atoms with Crippen LogP contribution in [-0.4, -0.2) is 42.7 Å². The van der Waals surface area contributed by atoms with Crippen molar-refractivity contribution in [3.05, 3.63) is 92.3 Å². The van der Waals surface area contributed by atoms with Crippen LogP contribution in [0.25, 0.3) is 6.08 Å². The van der Waals surface area contributed by atoms with E-state index in [-0.39, 0.29) is 12.5 Å². The molecule has 0 radical (unpaired) electrons. The molecule has 8 nitrogen and oxygen atoms in total. The number of thioether (sulfide) groups is 1. The number of hydrogen-bond acceptors (Lipinski definition) is 8. The van der Waals surface area contributed by atoms with Crippen molar-refractivity contribution in [2.45, 2.75) is 13.5 Å². The highest BCUT2D eigenvalue weighted by molar-refractivity contribution is 9.10. The average Bonchev–Trinajstić information content (AvgIpc) is 3.25. The van der Waals surface area contributed by atoms with E-state index in [0.717, 1.165) is 11.1 Å². The van der Waals surface area contributed by atoms with Gasteiger partial charge in [-0.3, -0.25) is 9.69 Å². The number of halogens is 1. The van der Waals surface area contributed by atoms with Crippen LogP contribution in [-0.2, 0) is 16.1 Å². The summed E-state index contributed by atoms with van der Waals surface area (Å²) in [6.07, 6.45) is 1.78. The molecular formula is C29H24BrN3O5S. The van der Waals surface area contributed by atoms with Crippen LogP contribution in [0.1, 0.15) is 34.0 Å². The summed E-state index contributed by atoms with van der Waals surface area (Å²) in [6, 6.07) is 19.6. The molecule has 198 valence electrons. The average molecular weight is 606 g/mol. The zero-order valence-corrected chi connectivity index (χ0v) is 23.8. The number of nitriles is 1. The molecule has 1 heterocycles. The Morgan fingerprint density at radius 1 is 1.13 bits per heavy atom. The first-order chi connectivity index (χ1) is 18.9. The highest BCUT2D eigenvalue weighted by Crippen LogP contribution is 2.39. The second-order valence-electron chi connectivity index (χ2n) is 8.18. The van der Waals surface area contributed by atoms with Crippen LogP contribution in [0.2, 0.25) is 0 Å². The maximum Gasteiger partial charge on any atom is 0.337 e. The monoisotopic (exact) mass is 605 g/mol. The van der Waals surface area contributed by atoms with E-state index in [0.29, 0.717) is 49.4 Å². The number of likely N-dealkylation sites (N-methyl/N-ethyl adjacent to an activating group) is 1. The molecule has 3 aromatic carbocycles. The molecule has 0 saturated carbocycles. The van der Waals surface area contributed by atoms with Gasteiger partial charge in [0.25, 0.3) is 5.91 Å². The summed E-state index contributed by atoms with van der Waals surface area (Å²) >= 11 is 4.85. The van der Waals surface area contributed by atoms with Crippen LogP contribution < -0.4 is 9.47 Å². The number of carbonyl (C=O) groups is 2. The molecule has 0 N–H and O–H groups in total. The Bertz CT molecular complexity index is 1510. The third-order valence-electron chi connectivity index (χ3n) is 5.81. The number of rotatable bonds is 8. The fourth-order valence-electron chi connectivity index (χ4n) is 3.76. The fraction of sp³-hybridized carbons (Fsp3) is 0.172. The third kappa shape index (κ3) is 6.33. The van der Waals surface area contributed by atoms with Crippen molar-refractivity contribution in [2.75, 3.05) is 20.8 Å². The number of nitrogens with zero attached hydrogens (tertiary/aromatic N) is 3. The number of benzene rings is 3. The Kier molecular flexibility index (Phi) is 9.07. The van der Waals surface area contributed by atoms with Crippen LogP contribution in [0, 0.1) is 11.3 Å². The quantitative estimate of drug-likeness (QED) is 0.219. The Balaban J connectivity index is 1.58. The predicted octanol–water partition coefficient (Wildman–Crippen LogP) is 6.32. The predicted molar refractivity (Wildman–Crippen MR) is 154 cm³/mol. The minimum atomic E-state index is -0.426. The maximum atomic E-state index is 13.2. The van der Waals surface area contributed by atoms with E-state index in [1.54, 1.807) is 66.6 Å². The van der Waals surface area contributed by atoms with Crippen molar-refractivity contribution in [3.8, 4) is 17.6 Å². The first kappa shape index (κ1) is 28.0. The molecule has 0 bridgehead atoms. The fourth-order valence-corrected chi connectivity index (χ4v) is 5.25. The van der Waals surface area contributed by atoms with Crippen molar-refractivity contribution in [2.24, 2.45) is 4.99 Å². The van der Waals surface area contributed by atoms with E-state index in [1.807, 2.05) is 19.1 Å². The summed E-state index contributed by atoms with van der Waals surface area (Å²) in [6.45, 7) is 2.53. The molecule has 1 saturated heterocycles. The normalized spacial score (nSPS) is 14.9. The first-order valence-electron chi connectivity index (χ1n) is 11.8. The van der Waals surface area contributed by atoms with Gasteiger partial charge in [-0.25, -0.2) is 9.79 Å². The number of hydrogen-bond donors (Lipinski definition) is 0. The topological polar surface area (TPSA) is 101 Å². The van der Waals surface area contributed by atoms with E-state index < -0.39 is 5.97 Å². The molecule has 1 aliphatic heterocycles. The van der Waals surface area contributed by atoms with Crippen LogP contribution >= 0.6 is 27.7 Å². The molecule has 3 aromatic rings. The van der Waals surface area contributed by atoms with Gasteiger partial charge in [0.1, 0.15) is 6.61 Å². The highest BCUT2D eigenvalue weighted by atomic mass is 79.9. The molecule has 10 heteroatoms. The van der Waals surface area contributed by atoms with Crippen LogP contribution in [0.3, 0.4) is 0 Å². The number of amidine groups is 1. The van der Waals surface area contributed by atoms with Gasteiger partial charge in [0, 0.05) is 16.6 Å². The molecule has 0 aliphatic carbocycles. The molecule has 1 amide bonds. The second-order valence-corrected chi connectivity index (χ2v) is 10.0. The van der Waals surface area contributed by atoms with Gasteiger partial charge in [-0.05, 0) is 72.8 Å². The van der Waals surface area contributed by atoms with Crippen molar-refractivity contribution in [1.29, 1.82) is 5.26 Å². The zero-order valence-electron chi connectivity index (χ0n) is 21.4. The lowest BCUT2D eigenvalue weighted by molar-refractivity contribution is -0.122. The Morgan fingerprint density at radius 2 is 1.87 bits per heavy atom. The van der Waals surface area contributed by atoms with Gasteiger partial charge in [0.15, 0.2) is 16.7 Å². The molecule has 0 spiro atoms. The number of ether oxygens (including phenoxy) is 3. The Labute approximate surface area is 239 Å². The summed E-state index contributed by atoms with van der Waals surface area (Å²) < 4.78 is 17.0. The van der Waals surface area contributed by atoms with Gasteiger partial charge in [0.2, 0.25) is 0 Å². The third-order valence-corrected chi connectivity index (χ3v) is 7.50. The Hall–Kier alpha value is -4.07. The van der Waals surface area contributed by atoms with E-state index in [9.17, 15) is 14.9 Å². The molecule has 0 atom stereocenters. The summed E-state index contributed by atoms with van der Waals surface area (Å²) in [5.74, 6) is 0.399. The second kappa shape index (κ2) is 12.7. The number of aliphatic imine (C=N–C) groups is 1. The molecule has 1 fully saturated rings. The van der Waals surface area contributed by atoms with E-state index in [4.69, 9.17) is 14.2 Å². The summed E-state index contributed by atoms with van der Waals surface area (Å²) in [7, 11) is 2.87. The number of esters is 1. The molecule has 39 heavy (non-hydrogen) atoms. The van der Waals surface area contributed by atoms with Crippen molar-refractivity contribution in [1.82, 2.24) is 4.90 Å². The minimum Gasteiger partial charge on any atom is -0.493 e. The number of amides is 1. The van der Waals surface area contributed by atoms with Gasteiger partial charge in [-0.15, -0.1) is 0 Å². The lowest BCUT2D eigenvalue weighted by Gasteiger charge is -2.14. The van der Waals surface area contributed by atoms with Gasteiger partial charge in [0.05, 0.1) is 42.0 Å². The summed E-state index contributed by atoms with van der Waals surface area (Å²) in [5, 5.41) is 9.87. The van der Waals surface area contributed by atoms with Crippen molar-refractivity contribution in [3.63, 3.8) is 0 Å². The SMILES string of the molecule is CCN1C(=O)C(=Cc2cc(OC)c(OCc3ccccc3C#N)cc2Br)SC1=Nc1ccc(C(=O)OC)cc1. The number of methoxy groups -OCH3 is 2. The largest absolute Gasteiger partial charge is 0.493 e. The maximum absolute atomic E-state index is 13.2. The molecule has 0 aromatic heterocycles.